The minimum Gasteiger partial charge on any atom is -0.389 e. The molecule has 0 aliphatic heterocycles. The molecule has 0 aromatic carbocycles. The van der Waals surface area contributed by atoms with E-state index in [-0.39, 0.29) is 6.10 Å². The van der Waals surface area contributed by atoms with Crippen LogP contribution in [0.5, 0.6) is 0 Å². The summed E-state index contributed by atoms with van der Waals surface area (Å²) in [4.78, 5) is 0. The van der Waals surface area contributed by atoms with Gasteiger partial charge in [0, 0.05) is 0 Å². The predicted octanol–water partition coefficient (Wildman–Crippen LogP) is 3.15. The molecule has 1 rings (SSSR count). The van der Waals surface area contributed by atoms with Crippen LogP contribution in [0, 0.1) is 0 Å². The number of allylic oxidation sites excluding steroid dienone is 2. The Labute approximate surface area is 82.3 Å². The van der Waals surface area contributed by atoms with Crippen LogP contribution in [0.4, 0.5) is 0 Å². The van der Waals surface area contributed by atoms with E-state index >= 15 is 0 Å². The molecular formula is C10H15BrO. The van der Waals surface area contributed by atoms with Gasteiger partial charge in [-0.1, -0.05) is 22.0 Å². The number of rotatable bonds is 4. The van der Waals surface area contributed by atoms with Crippen LogP contribution in [0.15, 0.2) is 22.7 Å². The summed E-state index contributed by atoms with van der Waals surface area (Å²) in [6.45, 7) is 3.64. The summed E-state index contributed by atoms with van der Waals surface area (Å²) in [7, 11) is 0. The highest BCUT2D eigenvalue weighted by atomic mass is 79.9. The van der Waals surface area contributed by atoms with Crippen LogP contribution in [-0.2, 0) is 0 Å². The molecule has 0 spiro atoms. The molecule has 1 aliphatic rings. The molecular weight excluding hydrogens is 216 g/mol. The molecule has 0 fully saturated rings. The van der Waals surface area contributed by atoms with Gasteiger partial charge in [0.1, 0.15) is 0 Å². The lowest BCUT2D eigenvalue weighted by atomic mass is 10.1. The zero-order valence-electron chi connectivity index (χ0n) is 7.22. The second-order valence-corrected chi connectivity index (χ2v) is 4.12. The number of aliphatic hydroxyl groups is 1. The maximum absolute atomic E-state index is 9.71. The van der Waals surface area contributed by atoms with Crippen LogP contribution in [0.2, 0.25) is 0 Å². The maximum Gasteiger partial charge on any atom is 0.0763 e. The molecule has 0 aromatic rings. The van der Waals surface area contributed by atoms with Crippen molar-refractivity contribution in [3.8, 4) is 0 Å². The molecule has 68 valence electrons. The van der Waals surface area contributed by atoms with Crippen molar-refractivity contribution < 1.29 is 5.11 Å². The van der Waals surface area contributed by atoms with Gasteiger partial charge >= 0.3 is 0 Å². The number of hydrogen-bond donors (Lipinski definition) is 1. The average molecular weight is 231 g/mol. The first kappa shape index (κ1) is 10.0. The lowest BCUT2D eigenvalue weighted by Gasteiger charge is -2.10. The Morgan fingerprint density at radius 1 is 1.58 bits per heavy atom. The highest BCUT2D eigenvalue weighted by Gasteiger charge is 2.18. The maximum atomic E-state index is 9.71. The van der Waals surface area contributed by atoms with Crippen LogP contribution in [0.3, 0.4) is 0 Å². The first-order valence-corrected chi connectivity index (χ1v) is 5.21. The molecule has 0 saturated carbocycles. The van der Waals surface area contributed by atoms with Crippen LogP contribution in [0.25, 0.3) is 0 Å². The third kappa shape index (κ3) is 2.46. The molecule has 1 unspecified atom stereocenters. The van der Waals surface area contributed by atoms with E-state index in [1.165, 1.54) is 16.5 Å². The lowest BCUT2D eigenvalue weighted by Crippen LogP contribution is -2.08. The van der Waals surface area contributed by atoms with Crippen molar-refractivity contribution in [2.24, 2.45) is 0 Å². The highest BCUT2D eigenvalue weighted by molar-refractivity contribution is 9.11. The van der Waals surface area contributed by atoms with Crippen molar-refractivity contribution in [1.82, 2.24) is 0 Å². The van der Waals surface area contributed by atoms with Gasteiger partial charge in [-0.3, -0.25) is 0 Å². The second kappa shape index (κ2) is 4.83. The molecule has 0 saturated heterocycles. The predicted molar refractivity (Wildman–Crippen MR) is 55.2 cm³/mol. The molecule has 1 aliphatic carbocycles. The van der Waals surface area contributed by atoms with Gasteiger partial charge in [-0.25, -0.2) is 0 Å². The fourth-order valence-electron chi connectivity index (χ4n) is 1.53. The Kier molecular flexibility index (Phi) is 4.02. The van der Waals surface area contributed by atoms with E-state index in [9.17, 15) is 5.11 Å². The third-order valence-electron chi connectivity index (χ3n) is 2.24. The molecule has 1 N–H and O–H groups in total. The average Bonchev–Trinajstić information content (AvgIpc) is 2.47. The van der Waals surface area contributed by atoms with Gasteiger partial charge in [0.15, 0.2) is 0 Å². The summed E-state index contributed by atoms with van der Waals surface area (Å²) in [6.07, 6.45) is 6.64. The number of halogens is 1. The minimum atomic E-state index is -0.250. The van der Waals surface area contributed by atoms with Crippen molar-refractivity contribution >= 4 is 15.9 Å². The Hall–Kier alpha value is -0.0800. The van der Waals surface area contributed by atoms with Gasteiger partial charge in [-0.05, 0) is 42.2 Å². The standard InChI is InChI=1S/C10H15BrO/c1-2-3-7-10(12)8-5-4-6-9(8)11/h2,10,12H,1,3-7H2. The smallest absolute Gasteiger partial charge is 0.0763 e. The molecule has 0 radical (unpaired) electrons. The van der Waals surface area contributed by atoms with E-state index in [1.807, 2.05) is 6.08 Å². The van der Waals surface area contributed by atoms with E-state index in [0.717, 1.165) is 25.7 Å². The summed E-state index contributed by atoms with van der Waals surface area (Å²) >= 11 is 3.49. The summed E-state index contributed by atoms with van der Waals surface area (Å²) < 4.78 is 1.22. The summed E-state index contributed by atoms with van der Waals surface area (Å²) in [5.74, 6) is 0. The molecule has 12 heavy (non-hydrogen) atoms. The minimum absolute atomic E-state index is 0.250. The van der Waals surface area contributed by atoms with Gasteiger partial charge in [0.05, 0.1) is 6.10 Å². The normalized spacial score (nSPS) is 19.8. The van der Waals surface area contributed by atoms with Crippen LogP contribution in [-0.4, -0.2) is 11.2 Å². The SMILES string of the molecule is C=CCCC(O)C1=C(Br)CCC1. The van der Waals surface area contributed by atoms with Gasteiger partial charge in [-0.2, -0.15) is 0 Å². The zero-order chi connectivity index (χ0) is 8.97. The molecule has 0 amide bonds. The van der Waals surface area contributed by atoms with Gasteiger partial charge in [0.2, 0.25) is 0 Å². The van der Waals surface area contributed by atoms with E-state index in [2.05, 4.69) is 22.5 Å². The van der Waals surface area contributed by atoms with Crippen molar-refractivity contribution in [3.63, 3.8) is 0 Å². The summed E-state index contributed by atoms with van der Waals surface area (Å²) in [6, 6.07) is 0. The highest BCUT2D eigenvalue weighted by Crippen LogP contribution is 2.33. The Morgan fingerprint density at radius 2 is 2.33 bits per heavy atom. The molecule has 1 atom stereocenters. The topological polar surface area (TPSA) is 20.2 Å². The van der Waals surface area contributed by atoms with Crippen LogP contribution >= 0.6 is 15.9 Å². The molecule has 0 bridgehead atoms. The van der Waals surface area contributed by atoms with Crippen molar-refractivity contribution in [1.29, 1.82) is 0 Å². The molecule has 1 nitrogen and oxygen atoms in total. The first-order chi connectivity index (χ1) is 5.75. The Morgan fingerprint density at radius 3 is 2.83 bits per heavy atom. The van der Waals surface area contributed by atoms with Crippen molar-refractivity contribution in [3.05, 3.63) is 22.7 Å². The first-order valence-electron chi connectivity index (χ1n) is 4.42. The van der Waals surface area contributed by atoms with Crippen molar-refractivity contribution in [2.45, 2.75) is 38.2 Å². The van der Waals surface area contributed by atoms with E-state index in [0.29, 0.717) is 0 Å². The van der Waals surface area contributed by atoms with Gasteiger partial charge in [0.25, 0.3) is 0 Å². The van der Waals surface area contributed by atoms with Crippen LogP contribution < -0.4 is 0 Å². The fourth-order valence-corrected chi connectivity index (χ4v) is 2.27. The monoisotopic (exact) mass is 230 g/mol. The largest absolute Gasteiger partial charge is 0.389 e. The third-order valence-corrected chi connectivity index (χ3v) is 3.14. The van der Waals surface area contributed by atoms with E-state index in [4.69, 9.17) is 0 Å². The quantitative estimate of drug-likeness (QED) is 0.737. The van der Waals surface area contributed by atoms with Crippen LogP contribution in [0.1, 0.15) is 32.1 Å². The number of aliphatic hydroxyl groups excluding tert-OH is 1. The lowest BCUT2D eigenvalue weighted by molar-refractivity contribution is 0.198. The summed E-state index contributed by atoms with van der Waals surface area (Å²) in [5.41, 5.74) is 1.21. The Bertz CT molecular complexity index is 196. The molecule has 0 heterocycles. The van der Waals surface area contributed by atoms with E-state index in [1.54, 1.807) is 0 Å². The second-order valence-electron chi connectivity index (χ2n) is 3.17. The van der Waals surface area contributed by atoms with Crippen molar-refractivity contribution in [2.75, 3.05) is 0 Å². The fraction of sp³-hybridized carbons (Fsp3) is 0.600. The zero-order valence-corrected chi connectivity index (χ0v) is 8.81. The van der Waals surface area contributed by atoms with Gasteiger partial charge < -0.3 is 5.11 Å². The van der Waals surface area contributed by atoms with E-state index < -0.39 is 0 Å². The molecule has 0 aromatic heterocycles. The summed E-state index contributed by atoms with van der Waals surface area (Å²) in [5, 5.41) is 9.71. The molecule has 2 heteroatoms. The van der Waals surface area contributed by atoms with Gasteiger partial charge in [-0.15, -0.1) is 6.58 Å². The number of hydrogen-bond acceptors (Lipinski definition) is 1. The Balaban J connectivity index is 2.45.